The van der Waals surface area contributed by atoms with Gasteiger partial charge in [-0.3, -0.25) is 0 Å². The van der Waals surface area contributed by atoms with E-state index < -0.39 is 17.7 Å². The van der Waals surface area contributed by atoms with Crippen LogP contribution in [0.3, 0.4) is 0 Å². The Bertz CT molecular complexity index is 791. The summed E-state index contributed by atoms with van der Waals surface area (Å²) in [5.74, 6) is -0.392. The topological polar surface area (TPSA) is 62.7 Å². The number of nitrogens with zero attached hydrogens (tertiary/aromatic N) is 2. The monoisotopic (exact) mass is 380 g/mol. The fourth-order valence-corrected chi connectivity index (χ4v) is 3.42. The van der Waals surface area contributed by atoms with Crippen molar-refractivity contribution in [2.24, 2.45) is 0 Å². The number of aromatic carboxylic acids is 1. The van der Waals surface area contributed by atoms with Crippen molar-refractivity contribution in [2.75, 3.05) is 25.2 Å². The first-order chi connectivity index (χ1) is 12.8. The van der Waals surface area contributed by atoms with E-state index in [2.05, 4.69) is 4.98 Å². The van der Waals surface area contributed by atoms with Gasteiger partial charge in [-0.05, 0) is 36.2 Å². The van der Waals surface area contributed by atoms with Gasteiger partial charge in [0, 0.05) is 25.8 Å². The van der Waals surface area contributed by atoms with Gasteiger partial charge in [0.25, 0.3) is 0 Å². The average Bonchev–Trinajstić information content (AvgIpc) is 3.05. The van der Waals surface area contributed by atoms with E-state index in [0.29, 0.717) is 25.4 Å². The van der Waals surface area contributed by atoms with E-state index in [-0.39, 0.29) is 17.5 Å². The number of carboxylic acid groups (broad SMARTS) is 1. The van der Waals surface area contributed by atoms with Crippen molar-refractivity contribution in [1.29, 1.82) is 0 Å². The minimum Gasteiger partial charge on any atom is -0.478 e. The Morgan fingerprint density at radius 3 is 2.48 bits per heavy atom. The summed E-state index contributed by atoms with van der Waals surface area (Å²) in [6.07, 6.45) is -2.34. The highest BCUT2D eigenvalue weighted by atomic mass is 19.4. The molecule has 1 aromatic carbocycles. The number of methoxy groups -OCH3 is 1. The van der Waals surface area contributed by atoms with Gasteiger partial charge in [0.2, 0.25) is 0 Å². The lowest BCUT2D eigenvalue weighted by Gasteiger charge is -2.25. The zero-order chi connectivity index (χ0) is 19.6. The van der Waals surface area contributed by atoms with Gasteiger partial charge < -0.3 is 14.7 Å². The Hall–Kier alpha value is -2.61. The molecule has 0 amide bonds. The molecule has 1 aliphatic rings. The molecule has 1 saturated heterocycles. The molecule has 144 valence electrons. The first kappa shape index (κ1) is 19.2. The van der Waals surface area contributed by atoms with E-state index in [9.17, 15) is 18.0 Å². The summed E-state index contributed by atoms with van der Waals surface area (Å²) in [6, 6.07) is 8.36. The number of rotatable bonds is 5. The van der Waals surface area contributed by atoms with E-state index in [1.54, 1.807) is 13.2 Å². The second kappa shape index (κ2) is 7.56. The average molecular weight is 380 g/mol. The molecule has 2 atom stereocenters. The van der Waals surface area contributed by atoms with Crippen LogP contribution >= 0.6 is 0 Å². The number of pyridine rings is 1. The lowest BCUT2D eigenvalue weighted by molar-refractivity contribution is -0.137. The first-order valence-electron chi connectivity index (χ1n) is 8.41. The molecule has 1 fully saturated rings. The number of carbonyl (C=O) groups is 1. The van der Waals surface area contributed by atoms with Crippen molar-refractivity contribution >= 4 is 11.8 Å². The third-order valence-electron chi connectivity index (χ3n) is 4.77. The highest BCUT2D eigenvalue weighted by Gasteiger charge is 2.35. The number of hydrogen-bond donors (Lipinski definition) is 1. The molecule has 1 aromatic heterocycles. The number of hydrogen-bond acceptors (Lipinski definition) is 4. The third kappa shape index (κ3) is 4.21. The van der Waals surface area contributed by atoms with Crippen molar-refractivity contribution in [3.05, 3.63) is 59.3 Å². The van der Waals surface area contributed by atoms with Gasteiger partial charge in [0.15, 0.2) is 0 Å². The molecule has 2 heterocycles. The maximum atomic E-state index is 12.8. The highest BCUT2D eigenvalue weighted by molar-refractivity contribution is 5.87. The highest BCUT2D eigenvalue weighted by Crippen LogP contribution is 2.36. The fourth-order valence-electron chi connectivity index (χ4n) is 3.42. The Kier molecular flexibility index (Phi) is 5.36. The molecule has 2 aromatic rings. The molecule has 27 heavy (non-hydrogen) atoms. The predicted octanol–water partition coefficient (Wildman–Crippen LogP) is 3.81. The smallest absolute Gasteiger partial charge is 0.416 e. The number of carboxylic acids is 1. The van der Waals surface area contributed by atoms with Crippen LogP contribution in [0.15, 0.2) is 42.6 Å². The van der Waals surface area contributed by atoms with Gasteiger partial charge in [0.1, 0.15) is 5.82 Å². The molecule has 5 nitrogen and oxygen atoms in total. The zero-order valence-corrected chi connectivity index (χ0v) is 14.6. The number of ether oxygens (including phenoxy) is 1. The van der Waals surface area contributed by atoms with Crippen LogP contribution in [0, 0.1) is 0 Å². The summed E-state index contributed by atoms with van der Waals surface area (Å²) in [4.78, 5) is 17.2. The summed E-state index contributed by atoms with van der Waals surface area (Å²) in [7, 11) is 1.59. The van der Waals surface area contributed by atoms with Crippen LogP contribution in [0.5, 0.6) is 0 Å². The predicted molar refractivity (Wildman–Crippen MR) is 93.0 cm³/mol. The number of anilines is 1. The molecule has 1 N–H and O–H groups in total. The van der Waals surface area contributed by atoms with Crippen LogP contribution in [0.2, 0.25) is 0 Å². The molecule has 0 saturated carbocycles. The van der Waals surface area contributed by atoms with Gasteiger partial charge in [-0.25, -0.2) is 9.78 Å². The molecule has 8 heteroatoms. The van der Waals surface area contributed by atoms with Crippen molar-refractivity contribution in [3.63, 3.8) is 0 Å². The second-order valence-electron chi connectivity index (χ2n) is 6.52. The maximum Gasteiger partial charge on any atom is 0.416 e. The number of halogens is 3. The van der Waals surface area contributed by atoms with Gasteiger partial charge >= 0.3 is 12.1 Å². The molecule has 0 spiro atoms. The SMILES string of the molecule is COC[C@@H]1CC(c2ccc(C(F)(F)F)cc2)CN1c1ccc(C(=O)O)cn1. The summed E-state index contributed by atoms with van der Waals surface area (Å²) in [5.41, 5.74) is 0.259. The van der Waals surface area contributed by atoms with Crippen molar-refractivity contribution in [1.82, 2.24) is 4.98 Å². The van der Waals surface area contributed by atoms with E-state index in [4.69, 9.17) is 9.84 Å². The second-order valence-corrected chi connectivity index (χ2v) is 6.52. The van der Waals surface area contributed by atoms with E-state index in [1.165, 1.54) is 24.4 Å². The summed E-state index contributed by atoms with van der Waals surface area (Å²) < 4.78 is 43.5. The minimum atomic E-state index is -4.35. The summed E-state index contributed by atoms with van der Waals surface area (Å²) in [5, 5.41) is 8.99. The fraction of sp³-hybridized carbons (Fsp3) is 0.368. The molecule has 0 aliphatic carbocycles. The first-order valence-corrected chi connectivity index (χ1v) is 8.41. The lowest BCUT2D eigenvalue weighted by Crippen LogP contribution is -2.33. The maximum absolute atomic E-state index is 12.8. The van der Waals surface area contributed by atoms with Gasteiger partial charge in [-0.2, -0.15) is 13.2 Å². The lowest BCUT2D eigenvalue weighted by atomic mass is 9.95. The van der Waals surface area contributed by atoms with E-state index >= 15 is 0 Å². The third-order valence-corrected chi connectivity index (χ3v) is 4.77. The van der Waals surface area contributed by atoms with Crippen LogP contribution in [0.4, 0.5) is 19.0 Å². The van der Waals surface area contributed by atoms with Crippen molar-refractivity contribution in [2.45, 2.75) is 24.6 Å². The van der Waals surface area contributed by atoms with Crippen LogP contribution in [0.1, 0.15) is 33.8 Å². The largest absolute Gasteiger partial charge is 0.478 e. The Morgan fingerprint density at radius 2 is 1.96 bits per heavy atom. The summed E-state index contributed by atoms with van der Waals surface area (Å²) in [6.45, 7) is 1.01. The quantitative estimate of drug-likeness (QED) is 0.855. The van der Waals surface area contributed by atoms with Crippen molar-refractivity contribution in [3.8, 4) is 0 Å². The van der Waals surface area contributed by atoms with Crippen LogP contribution in [-0.2, 0) is 10.9 Å². The van der Waals surface area contributed by atoms with E-state index in [1.807, 2.05) is 4.90 Å². The molecule has 1 aliphatic heterocycles. The normalized spacial score (nSPS) is 20.1. The van der Waals surface area contributed by atoms with Gasteiger partial charge in [-0.15, -0.1) is 0 Å². The van der Waals surface area contributed by atoms with Crippen LogP contribution < -0.4 is 4.90 Å². The molecular weight excluding hydrogens is 361 g/mol. The van der Waals surface area contributed by atoms with Crippen LogP contribution in [-0.4, -0.2) is 42.4 Å². The number of alkyl halides is 3. The van der Waals surface area contributed by atoms with Crippen LogP contribution in [0.25, 0.3) is 0 Å². The van der Waals surface area contributed by atoms with Crippen molar-refractivity contribution < 1.29 is 27.8 Å². The molecule has 3 rings (SSSR count). The molecule has 1 unspecified atom stereocenters. The standard InChI is InChI=1S/C19H19F3N2O3/c1-27-11-16-8-14(12-2-5-15(6-3-12)19(20,21)22)10-24(16)17-7-4-13(9-23-17)18(25)26/h2-7,9,14,16H,8,10-11H2,1H3,(H,25,26)/t14?,16-/m0/s1. The zero-order valence-electron chi connectivity index (χ0n) is 14.6. The Labute approximate surface area is 154 Å². The molecular formula is C19H19F3N2O3. The van der Waals surface area contributed by atoms with E-state index in [0.717, 1.165) is 17.7 Å². The van der Waals surface area contributed by atoms with Gasteiger partial charge in [-0.1, -0.05) is 12.1 Å². The Balaban J connectivity index is 1.81. The molecule has 0 bridgehead atoms. The molecule has 0 radical (unpaired) electrons. The van der Waals surface area contributed by atoms with Gasteiger partial charge in [0.05, 0.1) is 23.8 Å². The minimum absolute atomic E-state index is 0.00507. The number of benzene rings is 1. The number of aromatic nitrogens is 1. The Morgan fingerprint density at radius 1 is 1.26 bits per heavy atom. The summed E-state index contributed by atoms with van der Waals surface area (Å²) >= 11 is 0.